The minimum absolute atomic E-state index is 0. The van der Waals surface area contributed by atoms with Gasteiger partial charge in [-0.2, -0.15) is 11.8 Å². The molecule has 0 aliphatic rings. The second-order valence-corrected chi connectivity index (χ2v) is 7.46. The van der Waals surface area contributed by atoms with Gasteiger partial charge in [-0.25, -0.2) is 9.97 Å². The summed E-state index contributed by atoms with van der Waals surface area (Å²) in [5.41, 5.74) is 1.59. The summed E-state index contributed by atoms with van der Waals surface area (Å²) < 4.78 is 0. The van der Waals surface area contributed by atoms with Crippen molar-refractivity contribution in [3.05, 3.63) is 68.8 Å². The van der Waals surface area contributed by atoms with Crippen LogP contribution in [0, 0.1) is 0 Å². The molecule has 0 aromatic carbocycles. The Morgan fingerprint density at radius 1 is 1.11 bits per heavy atom. The van der Waals surface area contributed by atoms with E-state index in [2.05, 4.69) is 25.3 Å². The van der Waals surface area contributed by atoms with Crippen LogP contribution in [0.25, 0.3) is 0 Å². The van der Waals surface area contributed by atoms with Gasteiger partial charge >= 0.3 is 0 Å². The number of aromatic nitrogens is 4. The van der Waals surface area contributed by atoms with Crippen LogP contribution >= 0.6 is 60.3 Å². The second kappa shape index (κ2) is 14.6. The van der Waals surface area contributed by atoms with E-state index in [0.29, 0.717) is 17.9 Å². The smallest absolute Gasteiger partial charge is 0.255 e. The average molecular weight is 483 g/mol. The number of thioether (sulfide) groups is 1. The van der Waals surface area contributed by atoms with Crippen molar-refractivity contribution in [2.75, 3.05) is 17.6 Å². The zero-order valence-corrected chi connectivity index (χ0v) is 19.0. The first-order valence-electron chi connectivity index (χ1n) is 7.98. The number of rotatable bonds is 9. The maximum absolute atomic E-state index is 12.1. The van der Waals surface area contributed by atoms with Gasteiger partial charge in [0.1, 0.15) is 5.01 Å². The molecule has 0 aliphatic carbocycles. The van der Waals surface area contributed by atoms with E-state index in [4.69, 9.17) is 0 Å². The van der Waals surface area contributed by atoms with Crippen molar-refractivity contribution in [3.8, 4) is 0 Å². The van der Waals surface area contributed by atoms with Crippen LogP contribution in [-0.4, -0.2) is 32.2 Å². The van der Waals surface area contributed by atoms with Crippen LogP contribution in [0.5, 0.6) is 0 Å². The van der Waals surface area contributed by atoms with E-state index in [9.17, 15) is 4.79 Å². The lowest BCUT2D eigenvalue weighted by molar-refractivity contribution is 0.943. The van der Waals surface area contributed by atoms with Gasteiger partial charge in [-0.3, -0.25) is 14.8 Å². The van der Waals surface area contributed by atoms with Crippen molar-refractivity contribution in [1.82, 2.24) is 19.9 Å². The Bertz CT molecular complexity index is 834. The summed E-state index contributed by atoms with van der Waals surface area (Å²) in [5, 5.41) is 6.33. The van der Waals surface area contributed by atoms with Crippen molar-refractivity contribution >= 4 is 66.3 Å². The molecule has 11 heteroatoms. The number of H-pyrrole nitrogens is 1. The molecule has 0 atom stereocenters. The molecule has 0 radical (unpaired) electrons. The summed E-state index contributed by atoms with van der Waals surface area (Å²) >= 11 is 3.55. The number of hydrogen-bond donors (Lipinski definition) is 2. The molecule has 6 nitrogen and oxygen atoms in total. The third-order valence-electron chi connectivity index (χ3n) is 3.48. The molecule has 0 spiro atoms. The van der Waals surface area contributed by atoms with Crippen molar-refractivity contribution in [2.24, 2.45) is 0 Å². The molecule has 2 N–H and O–H groups in total. The first-order valence-corrected chi connectivity index (χ1v) is 10.0. The second-order valence-electron chi connectivity index (χ2n) is 5.38. The molecular weight excluding hydrogens is 461 g/mol. The molecule has 154 valence electrons. The van der Waals surface area contributed by atoms with Crippen LogP contribution < -0.4 is 10.9 Å². The van der Waals surface area contributed by atoms with E-state index in [1.165, 1.54) is 0 Å². The lowest BCUT2D eigenvalue weighted by Gasteiger charge is -2.06. The van der Waals surface area contributed by atoms with E-state index in [1.807, 2.05) is 35.5 Å². The van der Waals surface area contributed by atoms with Crippen molar-refractivity contribution in [2.45, 2.75) is 18.6 Å². The van der Waals surface area contributed by atoms with Crippen molar-refractivity contribution < 1.29 is 0 Å². The Balaban J connectivity index is 0.00000243. The molecule has 0 saturated carbocycles. The molecule has 3 heterocycles. The minimum atomic E-state index is -0.104. The summed E-state index contributed by atoms with van der Waals surface area (Å²) in [6.45, 7) is 0.775. The van der Waals surface area contributed by atoms with Crippen LogP contribution in [-0.2, 0) is 12.2 Å². The topological polar surface area (TPSA) is 83.6 Å². The molecule has 0 unspecified atom stereocenters. The number of nitrogens with zero attached hydrogens (tertiary/aromatic N) is 3. The maximum atomic E-state index is 12.1. The summed E-state index contributed by atoms with van der Waals surface area (Å²) in [5.74, 6) is 2.52. The normalized spacial score (nSPS) is 9.57. The molecule has 0 aliphatic heterocycles. The Kier molecular flexibility index (Phi) is 14.0. The fourth-order valence-electron chi connectivity index (χ4n) is 2.22. The van der Waals surface area contributed by atoms with Gasteiger partial charge in [-0.05, 0) is 29.9 Å². The number of thiazole rings is 1. The molecule has 0 bridgehead atoms. The molecule has 3 aromatic rings. The first kappa shape index (κ1) is 26.7. The van der Waals surface area contributed by atoms with Crippen molar-refractivity contribution in [3.63, 3.8) is 0 Å². The zero-order chi connectivity index (χ0) is 17.3. The van der Waals surface area contributed by atoms with Crippen LogP contribution in [0.3, 0.4) is 0 Å². The molecule has 28 heavy (non-hydrogen) atoms. The fourth-order valence-corrected chi connectivity index (χ4v) is 3.89. The molecule has 0 saturated heterocycles. The number of pyridine rings is 1. The summed E-state index contributed by atoms with van der Waals surface area (Å²) in [4.78, 5) is 27.5. The predicted molar refractivity (Wildman–Crippen MR) is 125 cm³/mol. The van der Waals surface area contributed by atoms with Gasteiger partial charge in [-0.1, -0.05) is 0 Å². The quantitative estimate of drug-likeness (QED) is 0.444. The summed E-state index contributed by atoms with van der Waals surface area (Å²) in [6.07, 6.45) is 8.47. The van der Waals surface area contributed by atoms with Gasteiger partial charge in [0.2, 0.25) is 5.95 Å². The highest BCUT2D eigenvalue weighted by Crippen LogP contribution is 2.14. The number of hydrogen-bond acceptors (Lipinski definition) is 7. The molecule has 3 rings (SSSR count). The van der Waals surface area contributed by atoms with Gasteiger partial charge < -0.3 is 5.32 Å². The number of aromatic amines is 1. The highest BCUT2D eigenvalue weighted by atomic mass is 35.5. The van der Waals surface area contributed by atoms with Crippen molar-refractivity contribution in [1.29, 1.82) is 0 Å². The number of halogens is 3. The lowest BCUT2D eigenvalue weighted by Crippen LogP contribution is -2.17. The Morgan fingerprint density at radius 3 is 2.57 bits per heavy atom. The number of nitrogens with one attached hydrogen (secondary N) is 2. The van der Waals surface area contributed by atoms with Crippen LogP contribution in [0.15, 0.2) is 47.1 Å². The van der Waals surface area contributed by atoms with Gasteiger partial charge in [0.15, 0.2) is 0 Å². The van der Waals surface area contributed by atoms with Gasteiger partial charge in [0.25, 0.3) is 5.56 Å². The molecule has 0 fully saturated rings. The Morgan fingerprint density at radius 2 is 1.89 bits per heavy atom. The monoisotopic (exact) mass is 481 g/mol. The summed E-state index contributed by atoms with van der Waals surface area (Å²) in [7, 11) is 0. The van der Waals surface area contributed by atoms with Gasteiger partial charge in [0.05, 0.1) is 0 Å². The zero-order valence-electron chi connectivity index (χ0n) is 14.9. The maximum Gasteiger partial charge on any atom is 0.255 e. The van der Waals surface area contributed by atoms with Crippen LogP contribution in [0.2, 0.25) is 0 Å². The third kappa shape index (κ3) is 8.79. The molecule has 3 aromatic heterocycles. The largest absolute Gasteiger partial charge is 0.356 e. The number of anilines is 1. The van der Waals surface area contributed by atoms with E-state index < -0.39 is 0 Å². The Labute approximate surface area is 190 Å². The molecule has 0 amide bonds. The van der Waals surface area contributed by atoms with Gasteiger partial charge in [-0.15, -0.1) is 48.6 Å². The van der Waals surface area contributed by atoms with E-state index in [-0.39, 0.29) is 42.8 Å². The van der Waals surface area contributed by atoms with E-state index >= 15 is 0 Å². The lowest BCUT2D eigenvalue weighted by atomic mass is 10.1. The predicted octanol–water partition coefficient (Wildman–Crippen LogP) is 4.21. The fraction of sp³-hybridized carbons (Fsp3) is 0.294. The highest BCUT2D eigenvalue weighted by Gasteiger charge is 2.04. The van der Waals surface area contributed by atoms with E-state index in [0.717, 1.165) is 35.0 Å². The van der Waals surface area contributed by atoms with E-state index in [1.54, 1.807) is 29.9 Å². The highest BCUT2D eigenvalue weighted by molar-refractivity contribution is 7.98. The molecular formula is C17H22Cl3N5OS2. The first-order chi connectivity index (χ1) is 12.3. The third-order valence-corrected chi connectivity index (χ3v) is 5.50. The van der Waals surface area contributed by atoms with Crippen LogP contribution in [0.1, 0.15) is 22.6 Å². The minimum Gasteiger partial charge on any atom is -0.356 e. The average Bonchev–Trinajstić information content (AvgIpc) is 3.14. The SMILES string of the molecule is Cl.Cl.Cl.O=c1[nH]c(NCCCSCc2nccs2)ncc1Cc1ccncc1. The Hall–Kier alpha value is -1.32. The van der Waals surface area contributed by atoms with Gasteiger partial charge in [0, 0.05) is 54.4 Å². The standard InChI is InChI=1S/C17H19N5OS2.3ClH/c23-16-14(10-13-2-5-18-6-3-13)11-21-17(22-16)20-4-1-8-24-12-15-19-7-9-25-15;;;/h2-3,5-7,9,11H,1,4,8,10,12H2,(H2,20,21,22,23);3*1H. The summed E-state index contributed by atoms with van der Waals surface area (Å²) in [6, 6.07) is 3.80. The van der Waals surface area contributed by atoms with Crippen LogP contribution in [0.4, 0.5) is 5.95 Å².